The van der Waals surface area contributed by atoms with Crippen molar-refractivity contribution in [2.45, 2.75) is 25.3 Å². The Kier molecular flexibility index (Phi) is 3.96. The molecule has 27 heavy (non-hydrogen) atoms. The first-order valence-corrected chi connectivity index (χ1v) is 9.45. The smallest absolute Gasteiger partial charge is 0.275 e. The van der Waals surface area contributed by atoms with E-state index in [1.807, 2.05) is 47.4 Å². The van der Waals surface area contributed by atoms with Gasteiger partial charge >= 0.3 is 0 Å². The number of likely N-dealkylation sites (tertiary alicyclic amines) is 1. The highest BCUT2D eigenvalue weighted by atomic mass is 16.5. The van der Waals surface area contributed by atoms with Crippen LogP contribution < -0.4 is 9.47 Å². The molecule has 0 bridgehead atoms. The third-order valence-corrected chi connectivity index (χ3v) is 5.34. The van der Waals surface area contributed by atoms with Gasteiger partial charge < -0.3 is 14.4 Å². The number of aromatic amines is 1. The van der Waals surface area contributed by atoms with Gasteiger partial charge in [0.1, 0.15) is 0 Å². The third-order valence-electron chi connectivity index (χ3n) is 5.34. The fraction of sp³-hybridized carbons (Fsp3) is 0.333. The zero-order valence-electron chi connectivity index (χ0n) is 15.0. The molecule has 1 saturated heterocycles. The summed E-state index contributed by atoms with van der Waals surface area (Å²) in [5, 5.41) is 8.12. The number of nitrogens with one attached hydrogen (secondary N) is 1. The molecule has 0 spiro atoms. The lowest BCUT2D eigenvalue weighted by Crippen LogP contribution is -2.31. The summed E-state index contributed by atoms with van der Waals surface area (Å²) in [5.74, 6) is 1.53. The van der Waals surface area contributed by atoms with Crippen LogP contribution in [0.2, 0.25) is 0 Å². The molecule has 0 saturated carbocycles. The summed E-state index contributed by atoms with van der Waals surface area (Å²) < 4.78 is 11.6. The topological polar surface area (TPSA) is 67.5 Å². The molecule has 3 aromatic rings. The summed E-state index contributed by atoms with van der Waals surface area (Å²) in [6.07, 6.45) is 2.80. The van der Waals surface area contributed by atoms with Gasteiger partial charge in [-0.3, -0.25) is 9.89 Å². The first kappa shape index (κ1) is 16.2. The highest BCUT2D eigenvalue weighted by Crippen LogP contribution is 2.38. The van der Waals surface area contributed by atoms with Crippen LogP contribution in [0.15, 0.2) is 42.5 Å². The Hall–Kier alpha value is -3.02. The van der Waals surface area contributed by atoms with E-state index in [9.17, 15) is 4.79 Å². The highest BCUT2D eigenvalue weighted by Gasteiger charge is 2.33. The van der Waals surface area contributed by atoms with Gasteiger partial charge in [0.05, 0.1) is 24.8 Å². The second-order valence-corrected chi connectivity index (χ2v) is 7.03. The molecule has 1 atom stereocenters. The normalized spacial score (nSPS) is 19.3. The molecule has 3 heterocycles. The van der Waals surface area contributed by atoms with Crippen molar-refractivity contribution in [3.05, 3.63) is 53.7 Å². The maximum absolute atomic E-state index is 13.2. The molecule has 2 aromatic carbocycles. The number of H-pyrrole nitrogens is 1. The Morgan fingerprint density at radius 3 is 2.85 bits per heavy atom. The maximum Gasteiger partial charge on any atom is 0.275 e. The average molecular weight is 363 g/mol. The van der Waals surface area contributed by atoms with Gasteiger partial charge in [-0.15, -0.1) is 0 Å². The molecule has 1 N–H and O–H groups in total. The lowest BCUT2D eigenvalue weighted by molar-refractivity contribution is 0.0731. The van der Waals surface area contributed by atoms with Gasteiger partial charge in [-0.25, -0.2) is 0 Å². The minimum Gasteiger partial charge on any atom is -0.490 e. The molecular weight excluding hydrogens is 342 g/mol. The molecule has 138 valence electrons. The van der Waals surface area contributed by atoms with Crippen molar-refractivity contribution in [3.8, 4) is 11.5 Å². The van der Waals surface area contributed by atoms with E-state index in [4.69, 9.17) is 9.47 Å². The fourth-order valence-corrected chi connectivity index (χ4v) is 4.01. The zero-order valence-corrected chi connectivity index (χ0v) is 15.0. The molecule has 6 heteroatoms. The van der Waals surface area contributed by atoms with E-state index >= 15 is 0 Å². The highest BCUT2D eigenvalue weighted by molar-refractivity contribution is 6.04. The van der Waals surface area contributed by atoms with Crippen LogP contribution in [0.1, 0.15) is 41.4 Å². The molecule has 1 unspecified atom stereocenters. The number of para-hydroxylation sites is 1. The first-order valence-electron chi connectivity index (χ1n) is 9.45. The minimum absolute atomic E-state index is 0.0259. The maximum atomic E-state index is 13.2. The number of aromatic nitrogens is 2. The lowest BCUT2D eigenvalue weighted by Gasteiger charge is -2.25. The molecule has 1 fully saturated rings. The summed E-state index contributed by atoms with van der Waals surface area (Å²) in [6.45, 7) is 2.06. The number of ether oxygens (including phenoxy) is 2. The summed E-state index contributed by atoms with van der Waals surface area (Å²) >= 11 is 0. The van der Waals surface area contributed by atoms with Gasteiger partial charge in [0, 0.05) is 18.4 Å². The van der Waals surface area contributed by atoms with Crippen LogP contribution in [0.3, 0.4) is 0 Å². The first-order chi connectivity index (χ1) is 13.3. The van der Waals surface area contributed by atoms with Gasteiger partial charge in [-0.1, -0.05) is 24.3 Å². The van der Waals surface area contributed by atoms with Gasteiger partial charge in [0.2, 0.25) is 0 Å². The Morgan fingerprint density at radius 2 is 1.93 bits per heavy atom. The van der Waals surface area contributed by atoms with Crippen LogP contribution in [0, 0.1) is 0 Å². The number of hydrogen-bond donors (Lipinski definition) is 1. The predicted molar refractivity (Wildman–Crippen MR) is 101 cm³/mol. The Balaban J connectivity index is 1.47. The summed E-state index contributed by atoms with van der Waals surface area (Å²) in [6, 6.07) is 13.8. The Labute approximate surface area is 157 Å². The molecule has 1 aromatic heterocycles. The number of fused-ring (bicyclic) bond motifs is 2. The predicted octanol–water partition coefficient (Wildman–Crippen LogP) is 3.70. The Morgan fingerprint density at radius 1 is 1.07 bits per heavy atom. The zero-order chi connectivity index (χ0) is 18.2. The van der Waals surface area contributed by atoms with Crippen molar-refractivity contribution in [1.29, 1.82) is 0 Å². The number of carbonyl (C=O) groups excluding carboxylic acids is 1. The molecule has 0 radical (unpaired) electrons. The van der Waals surface area contributed by atoms with Crippen molar-refractivity contribution in [1.82, 2.24) is 15.1 Å². The minimum atomic E-state index is -0.0259. The van der Waals surface area contributed by atoms with Crippen LogP contribution in [-0.4, -0.2) is 40.8 Å². The number of rotatable bonds is 2. The molecule has 2 aliphatic rings. The second kappa shape index (κ2) is 6.61. The number of amides is 1. The number of nitrogens with zero attached hydrogens (tertiary/aromatic N) is 2. The van der Waals surface area contributed by atoms with Crippen molar-refractivity contribution in [2.24, 2.45) is 0 Å². The van der Waals surface area contributed by atoms with Crippen LogP contribution in [0.4, 0.5) is 0 Å². The Bertz CT molecular complexity index is 997. The van der Waals surface area contributed by atoms with Crippen molar-refractivity contribution >= 4 is 16.8 Å². The quantitative estimate of drug-likeness (QED) is 0.754. The molecule has 5 rings (SSSR count). The standard InChI is InChI=1S/C21H21N3O3/c25-21(20-15-5-1-2-6-16(15)22-23-20)24-10-3-7-17(24)14-8-9-18-19(13-14)27-12-4-11-26-18/h1-2,5-6,8-9,13,17H,3-4,7,10-12H2,(H,22,23). The van der Waals surface area contributed by atoms with E-state index in [0.29, 0.717) is 18.9 Å². The van der Waals surface area contributed by atoms with Gasteiger partial charge in [0.25, 0.3) is 5.91 Å². The van der Waals surface area contributed by atoms with Crippen LogP contribution >= 0.6 is 0 Å². The second-order valence-electron chi connectivity index (χ2n) is 7.03. The van der Waals surface area contributed by atoms with E-state index in [1.54, 1.807) is 0 Å². The number of carbonyl (C=O) groups is 1. The van der Waals surface area contributed by atoms with E-state index in [2.05, 4.69) is 10.2 Å². The van der Waals surface area contributed by atoms with E-state index in [0.717, 1.165) is 53.8 Å². The largest absolute Gasteiger partial charge is 0.490 e. The monoisotopic (exact) mass is 363 g/mol. The SMILES string of the molecule is O=C(c1n[nH]c2ccccc12)N1CCCC1c1ccc2c(c1)OCCCO2. The molecule has 2 aliphatic heterocycles. The molecule has 0 aliphatic carbocycles. The van der Waals surface area contributed by atoms with Crippen molar-refractivity contribution in [2.75, 3.05) is 19.8 Å². The van der Waals surface area contributed by atoms with Crippen molar-refractivity contribution in [3.63, 3.8) is 0 Å². The fourth-order valence-electron chi connectivity index (χ4n) is 4.01. The van der Waals surface area contributed by atoms with E-state index in [1.165, 1.54) is 0 Å². The number of benzene rings is 2. The van der Waals surface area contributed by atoms with E-state index < -0.39 is 0 Å². The van der Waals surface area contributed by atoms with Gasteiger partial charge in [-0.05, 0) is 36.6 Å². The summed E-state index contributed by atoms with van der Waals surface area (Å²) in [5.41, 5.74) is 2.46. The van der Waals surface area contributed by atoms with Crippen LogP contribution in [-0.2, 0) is 0 Å². The summed E-state index contributed by atoms with van der Waals surface area (Å²) in [7, 11) is 0. The third kappa shape index (κ3) is 2.81. The lowest BCUT2D eigenvalue weighted by atomic mass is 10.0. The van der Waals surface area contributed by atoms with Crippen LogP contribution in [0.5, 0.6) is 11.5 Å². The van der Waals surface area contributed by atoms with Gasteiger partial charge in [0.15, 0.2) is 17.2 Å². The molecule has 6 nitrogen and oxygen atoms in total. The molecule has 1 amide bonds. The van der Waals surface area contributed by atoms with E-state index in [-0.39, 0.29) is 11.9 Å². The summed E-state index contributed by atoms with van der Waals surface area (Å²) in [4.78, 5) is 15.2. The van der Waals surface area contributed by atoms with Crippen molar-refractivity contribution < 1.29 is 14.3 Å². The van der Waals surface area contributed by atoms with Crippen LogP contribution in [0.25, 0.3) is 10.9 Å². The van der Waals surface area contributed by atoms with Gasteiger partial charge in [-0.2, -0.15) is 5.10 Å². The average Bonchev–Trinajstić information content (AvgIpc) is 3.29. The molecular formula is C21H21N3O3. The number of hydrogen-bond acceptors (Lipinski definition) is 4.